The third-order valence-electron chi connectivity index (χ3n) is 11.8. The van der Waals surface area contributed by atoms with Crippen LogP contribution < -0.4 is 29.9 Å². The number of alkyl carbamates (subject to hydrolysis) is 2. The SMILES string of the molecule is C.CCOC(=O)COc1cc(C(C)CNC(=O)OC(C)(C)C)ccc1N(CC(=O)OCC)CC(=O)OCC.CCOC(=O)COc1cc(CCNC(=O)OC(C)(C)C)ccc1N(CC(=O)OCC)CC(=O)OCC.[H-].[H-].[H-].[H-].[Mg+][Mg][Mg][Mg][Mg][Mg][Mg][Mg+].[Mg+][Mg][Mg][Mg][Mg][Mg][Mg][Mg][Mg+]. The zero-order chi connectivity index (χ0) is 68.3. The van der Waals surface area contributed by atoms with Crippen LogP contribution in [0.1, 0.15) is 120 Å². The molecule has 0 radical (unpaired) electrons. The van der Waals surface area contributed by atoms with Crippen molar-refractivity contribution in [1.82, 2.24) is 10.6 Å². The molecule has 0 spiro atoms. The van der Waals surface area contributed by atoms with Crippen molar-refractivity contribution in [3.05, 3.63) is 47.5 Å². The maximum atomic E-state index is 12.3. The van der Waals surface area contributed by atoms with Crippen LogP contribution in [0.15, 0.2) is 36.4 Å². The molecule has 456 valence electrons. The number of carbonyl (C=O) groups is 8. The number of benzene rings is 2. The molecular formula is C52H86Mg17N4O18. The van der Waals surface area contributed by atoms with Gasteiger partial charge in [-0.15, -0.1) is 0 Å². The Balaban J connectivity index is -0.000000250. The molecule has 2 rings (SSSR count). The van der Waals surface area contributed by atoms with E-state index in [1.807, 2.05) is 6.92 Å². The summed E-state index contributed by atoms with van der Waals surface area (Å²) in [5, 5.41) is 5.42. The molecule has 0 aliphatic carbocycles. The molecule has 0 aliphatic rings. The van der Waals surface area contributed by atoms with Gasteiger partial charge in [0.1, 0.15) is 48.9 Å². The molecule has 2 aromatic rings. The Morgan fingerprint density at radius 1 is 0.473 bits per heavy atom. The number of ether oxygens (including phenoxy) is 10. The Labute approximate surface area is 671 Å². The first kappa shape index (κ1) is 101. The third-order valence-corrected chi connectivity index (χ3v) is 232. The Morgan fingerprint density at radius 3 is 1.13 bits per heavy atom. The molecule has 1 atom stereocenters. The number of hydrogen-bond acceptors (Lipinski definition) is 20. The molecule has 0 saturated heterocycles. The van der Waals surface area contributed by atoms with Crippen LogP contribution in [0.4, 0.5) is 21.0 Å². The molecule has 2 aromatic carbocycles. The van der Waals surface area contributed by atoms with Gasteiger partial charge in [-0.05, 0) is 131 Å². The van der Waals surface area contributed by atoms with Gasteiger partial charge in [0.2, 0.25) is 0 Å². The fraction of sp³-hybridized carbons (Fsp3) is 0.615. The van der Waals surface area contributed by atoms with Crippen LogP contribution >= 0.6 is 0 Å². The number of anilines is 2. The van der Waals surface area contributed by atoms with Crippen molar-refractivity contribution in [1.29, 1.82) is 0 Å². The van der Waals surface area contributed by atoms with Crippen LogP contribution in [-0.2, 0) is 73.1 Å². The summed E-state index contributed by atoms with van der Waals surface area (Å²) in [6.45, 7) is 22.7. The molecule has 2 amide bonds. The van der Waals surface area contributed by atoms with Crippen LogP contribution in [0, 0.1) is 0 Å². The second-order valence-electron chi connectivity index (χ2n) is 22.2. The van der Waals surface area contributed by atoms with Gasteiger partial charge in [0, 0.05) is 13.1 Å². The zero-order valence-corrected chi connectivity index (χ0v) is 81.0. The van der Waals surface area contributed by atoms with E-state index in [1.54, 1.807) is 119 Å². The summed E-state index contributed by atoms with van der Waals surface area (Å²) in [5.74, 6) is -2.94. The average Bonchev–Trinajstić information content (AvgIpc) is 0.835. The van der Waals surface area contributed by atoms with Gasteiger partial charge >= 0.3 is 290 Å². The summed E-state index contributed by atoms with van der Waals surface area (Å²) < 4.78 is 52.1. The molecule has 2 N–H and O–H groups in total. The zero-order valence-electron chi connectivity index (χ0n) is 60.9. The molecule has 0 bridgehead atoms. The summed E-state index contributed by atoms with van der Waals surface area (Å²) in [6, 6.07) is 10.3. The van der Waals surface area contributed by atoms with E-state index < -0.39 is 59.2 Å². The predicted octanol–water partition coefficient (Wildman–Crippen LogP) is 0.430. The minimum atomic E-state index is -0.621. The van der Waals surface area contributed by atoms with Gasteiger partial charge < -0.3 is 73.5 Å². The molecule has 1 unspecified atom stereocenters. The first-order valence-corrected chi connectivity index (χ1v) is 91.8. The van der Waals surface area contributed by atoms with E-state index in [2.05, 4.69) is 82.9 Å². The first-order chi connectivity index (χ1) is 42.7. The quantitative estimate of drug-likeness (QED) is 0.0398. The third kappa shape index (κ3) is 58.9. The van der Waals surface area contributed by atoms with Gasteiger partial charge in [-0.1, -0.05) is 26.5 Å². The molecule has 91 heavy (non-hydrogen) atoms. The normalized spacial score (nSPS) is 9.73. The second kappa shape index (κ2) is 65.5. The Morgan fingerprint density at radius 2 is 0.791 bits per heavy atom. The maximum absolute atomic E-state index is 12.3. The van der Waals surface area contributed by atoms with Gasteiger partial charge in [0.25, 0.3) is 0 Å². The van der Waals surface area contributed by atoms with Gasteiger partial charge in [-0.2, -0.15) is 0 Å². The number of carbonyl (C=O) groups excluding carboxylic acids is 8. The monoisotopic (exact) mass is 1460 g/mol. The minimum absolute atomic E-state index is 0. The van der Waals surface area contributed by atoms with Gasteiger partial charge in [0.05, 0.1) is 51.0 Å². The molecule has 0 heterocycles. The molecule has 0 aromatic heterocycles. The van der Waals surface area contributed by atoms with Gasteiger partial charge in [-0.3, -0.25) is 19.2 Å². The number of hydrogen-bond donors (Lipinski definition) is 2. The van der Waals surface area contributed by atoms with E-state index in [1.165, 1.54) is 9.80 Å². The Hall–Kier alpha value is 6.03. The number of amides is 2. The van der Waals surface area contributed by atoms with E-state index in [0.29, 0.717) is 76.6 Å². The molecule has 39 heteroatoms. The van der Waals surface area contributed by atoms with E-state index >= 15 is 0 Å². The van der Waals surface area contributed by atoms with Crippen molar-refractivity contribution in [2.24, 2.45) is 0 Å². The molecular weight excluding hydrogens is 1380 g/mol. The van der Waals surface area contributed by atoms with E-state index in [9.17, 15) is 38.4 Å². The summed E-state index contributed by atoms with van der Waals surface area (Å²) >= 11 is 19.8. The van der Waals surface area contributed by atoms with Crippen molar-refractivity contribution in [3.63, 3.8) is 0 Å². The predicted molar refractivity (Wildman–Crippen MR) is 378 cm³/mol. The number of esters is 6. The molecule has 0 fully saturated rings. The van der Waals surface area contributed by atoms with Crippen molar-refractivity contribution in [3.8, 4) is 11.5 Å². The fourth-order valence-electron chi connectivity index (χ4n) is 7.77. The van der Waals surface area contributed by atoms with Crippen molar-refractivity contribution in [2.75, 3.05) is 102 Å². The molecule has 0 saturated carbocycles. The van der Waals surface area contributed by atoms with Crippen LogP contribution in [0.3, 0.4) is 0 Å². The van der Waals surface area contributed by atoms with Crippen molar-refractivity contribution >= 4 is 301 Å². The van der Waals surface area contributed by atoms with Crippen LogP contribution in [0.2, 0.25) is 0 Å². The van der Waals surface area contributed by atoms with Gasteiger partial charge in [-0.25, -0.2) is 19.2 Å². The van der Waals surface area contributed by atoms with Gasteiger partial charge in [0.15, 0.2) is 13.2 Å². The average molecular weight is 1470 g/mol. The van der Waals surface area contributed by atoms with Crippen LogP contribution in [-0.4, -0.2) is 393 Å². The number of nitrogens with one attached hydrogen (secondary N) is 2. The van der Waals surface area contributed by atoms with Crippen molar-refractivity contribution in [2.45, 2.75) is 121 Å². The second-order valence-corrected chi connectivity index (χ2v) is 142. The Kier molecular flexibility index (Phi) is 72.9. The van der Waals surface area contributed by atoms with E-state index in [4.69, 9.17) is 47.4 Å². The van der Waals surface area contributed by atoms with E-state index in [-0.39, 0.29) is 116 Å². The first-order valence-electron chi connectivity index (χ1n) is 31.8. The summed E-state index contributed by atoms with van der Waals surface area (Å²) in [5.41, 5.74) is 1.11. The van der Waals surface area contributed by atoms with Crippen LogP contribution in [0.25, 0.3) is 0 Å². The summed E-state index contributed by atoms with van der Waals surface area (Å²) in [7, 11) is 0. The summed E-state index contributed by atoms with van der Waals surface area (Å²) in [6.07, 6.45) is -0.636. The van der Waals surface area contributed by atoms with Crippen LogP contribution in [0.5, 0.6) is 11.5 Å². The summed E-state index contributed by atoms with van der Waals surface area (Å²) in [4.78, 5) is 99.7. The molecule has 22 nitrogen and oxygen atoms in total. The van der Waals surface area contributed by atoms with E-state index in [0.717, 1.165) is 129 Å². The topological polar surface area (TPSA) is 259 Å². The Bertz CT molecular complexity index is 2350. The molecule has 0 aliphatic heterocycles. The number of rotatable bonds is 39. The fourth-order valence-corrected chi connectivity index (χ4v) is 393. The van der Waals surface area contributed by atoms with Crippen molar-refractivity contribution < 1.29 is 91.4 Å². The standard InChI is InChI=1S/C26H40N2O9.C25H38N2O9.CH4.17Mg.4H/c1-8-33-22(29)15-28(16-23(30)34-9-2)20-12-11-19(13-21(20)36-17-24(31)35-10-3)18(4)14-27-25(32)37-26(5,6)7;1-7-32-21(28)15-27(16-22(29)33-8-2)19-11-10-18(12-13-26-24(31)36-25(4,5)6)14-20(19)35-17-23(30)34-9-3;;;;;;;;;;;;;;;;;;;;;;/h11-13,18H,8-10,14-17H2,1-7H3,(H,27,32);10-11,14H,7-9,12-13,15-17H2,1-6H3,(H,26,31);1H4;;;;;;;;;;;;;;;;;;;;;/q;;;;;;;;;;;;;;;;4*+1;4*-1. The number of nitrogens with zero attached hydrogens (tertiary/aromatic N) is 2.